The maximum Gasteiger partial charge on any atom is 0.255 e. The van der Waals surface area contributed by atoms with Crippen molar-refractivity contribution in [2.24, 2.45) is 0 Å². The molecule has 21 heavy (non-hydrogen) atoms. The Kier molecular flexibility index (Phi) is 4.44. The summed E-state index contributed by atoms with van der Waals surface area (Å²) in [5.41, 5.74) is 3.75. The molecule has 1 amide bonds. The SMILES string of the molecule is N#Cc1ccc(C(C(=O)NO)c2cccc(C=O)c2)cc1. The third kappa shape index (κ3) is 3.14. The van der Waals surface area contributed by atoms with Gasteiger partial charge in [-0.1, -0.05) is 30.3 Å². The smallest absolute Gasteiger partial charge is 0.255 e. The lowest BCUT2D eigenvalue weighted by Gasteiger charge is -2.16. The monoisotopic (exact) mass is 280 g/mol. The molecule has 2 N–H and O–H groups in total. The van der Waals surface area contributed by atoms with Crippen molar-refractivity contribution in [1.82, 2.24) is 5.48 Å². The second-order valence-electron chi connectivity index (χ2n) is 4.43. The average molecular weight is 280 g/mol. The Hall–Kier alpha value is -2.97. The Morgan fingerprint density at radius 2 is 1.90 bits per heavy atom. The van der Waals surface area contributed by atoms with Crippen LogP contribution in [0.5, 0.6) is 0 Å². The number of nitrogens with zero attached hydrogens (tertiary/aromatic N) is 1. The molecule has 5 nitrogen and oxygen atoms in total. The van der Waals surface area contributed by atoms with Crippen molar-refractivity contribution < 1.29 is 14.8 Å². The Balaban J connectivity index is 2.49. The van der Waals surface area contributed by atoms with Crippen molar-refractivity contribution in [2.45, 2.75) is 5.92 Å². The standard InChI is InChI=1S/C16H12N2O3/c17-9-11-4-6-13(7-5-11)15(16(20)18-21)14-3-1-2-12(8-14)10-19/h1-8,10,15,21H,(H,18,20). The van der Waals surface area contributed by atoms with Crippen molar-refractivity contribution >= 4 is 12.2 Å². The maximum atomic E-state index is 12.0. The summed E-state index contributed by atoms with van der Waals surface area (Å²) < 4.78 is 0. The number of hydrogen-bond donors (Lipinski definition) is 2. The van der Waals surface area contributed by atoms with Crippen LogP contribution in [0.3, 0.4) is 0 Å². The van der Waals surface area contributed by atoms with Gasteiger partial charge in [-0.15, -0.1) is 0 Å². The van der Waals surface area contributed by atoms with Crippen molar-refractivity contribution in [2.75, 3.05) is 0 Å². The molecule has 0 bridgehead atoms. The molecule has 0 spiro atoms. The molecule has 2 aromatic rings. The van der Waals surface area contributed by atoms with E-state index in [1.54, 1.807) is 54.0 Å². The first-order valence-electron chi connectivity index (χ1n) is 6.18. The number of carbonyl (C=O) groups is 2. The van der Waals surface area contributed by atoms with Gasteiger partial charge in [-0.3, -0.25) is 14.8 Å². The van der Waals surface area contributed by atoms with Crippen LogP contribution >= 0.6 is 0 Å². The zero-order valence-corrected chi connectivity index (χ0v) is 11.0. The third-order valence-corrected chi connectivity index (χ3v) is 3.13. The quantitative estimate of drug-likeness (QED) is 0.509. The van der Waals surface area contributed by atoms with Crippen LogP contribution in [-0.2, 0) is 4.79 Å². The number of benzene rings is 2. The lowest BCUT2D eigenvalue weighted by Crippen LogP contribution is -2.27. The van der Waals surface area contributed by atoms with E-state index in [1.807, 2.05) is 6.07 Å². The zero-order valence-electron chi connectivity index (χ0n) is 11.0. The summed E-state index contributed by atoms with van der Waals surface area (Å²) in [7, 11) is 0. The van der Waals surface area contributed by atoms with E-state index in [1.165, 1.54) is 0 Å². The van der Waals surface area contributed by atoms with Crippen LogP contribution in [0.15, 0.2) is 48.5 Å². The van der Waals surface area contributed by atoms with Gasteiger partial charge >= 0.3 is 0 Å². The molecule has 0 saturated carbocycles. The number of amides is 1. The van der Waals surface area contributed by atoms with Crippen LogP contribution in [0.4, 0.5) is 0 Å². The second kappa shape index (κ2) is 6.46. The number of rotatable bonds is 4. The Labute approximate surface area is 121 Å². The van der Waals surface area contributed by atoms with Gasteiger partial charge in [0.25, 0.3) is 5.91 Å². The highest BCUT2D eigenvalue weighted by molar-refractivity contribution is 5.87. The number of nitriles is 1. The Morgan fingerprint density at radius 3 is 2.48 bits per heavy atom. The van der Waals surface area contributed by atoms with Crippen molar-refractivity contribution in [3.8, 4) is 6.07 Å². The topological polar surface area (TPSA) is 90.2 Å². The predicted molar refractivity (Wildman–Crippen MR) is 74.8 cm³/mol. The fraction of sp³-hybridized carbons (Fsp3) is 0.0625. The zero-order chi connectivity index (χ0) is 15.2. The highest BCUT2D eigenvalue weighted by atomic mass is 16.5. The lowest BCUT2D eigenvalue weighted by molar-refractivity contribution is -0.129. The normalized spacial score (nSPS) is 11.2. The first-order valence-corrected chi connectivity index (χ1v) is 6.18. The maximum absolute atomic E-state index is 12.0. The third-order valence-electron chi connectivity index (χ3n) is 3.13. The number of aldehydes is 1. The number of hydrogen-bond acceptors (Lipinski definition) is 4. The molecule has 0 fully saturated rings. The molecule has 2 aromatic carbocycles. The van der Waals surface area contributed by atoms with Gasteiger partial charge in [-0.05, 0) is 29.3 Å². The largest absolute Gasteiger partial charge is 0.298 e. The highest BCUT2D eigenvalue weighted by Gasteiger charge is 2.22. The van der Waals surface area contributed by atoms with Gasteiger partial charge in [0, 0.05) is 5.56 Å². The molecule has 1 unspecified atom stereocenters. The minimum atomic E-state index is -0.761. The van der Waals surface area contributed by atoms with Gasteiger partial charge in [-0.25, -0.2) is 5.48 Å². The van der Waals surface area contributed by atoms with Crippen molar-refractivity contribution in [1.29, 1.82) is 5.26 Å². The molecule has 2 rings (SSSR count). The van der Waals surface area contributed by atoms with Crippen molar-refractivity contribution in [3.63, 3.8) is 0 Å². The number of nitrogens with one attached hydrogen (secondary N) is 1. The molecule has 0 radical (unpaired) electrons. The molecule has 104 valence electrons. The molecular weight excluding hydrogens is 268 g/mol. The van der Waals surface area contributed by atoms with Gasteiger partial charge in [0.2, 0.25) is 0 Å². The van der Waals surface area contributed by atoms with E-state index in [0.717, 1.165) is 0 Å². The second-order valence-corrected chi connectivity index (χ2v) is 4.43. The Morgan fingerprint density at radius 1 is 1.19 bits per heavy atom. The average Bonchev–Trinajstić information content (AvgIpc) is 2.55. The van der Waals surface area contributed by atoms with Gasteiger partial charge in [0.1, 0.15) is 6.29 Å². The van der Waals surface area contributed by atoms with E-state index in [4.69, 9.17) is 10.5 Å². The molecule has 0 aliphatic heterocycles. The predicted octanol–water partition coefficient (Wildman–Crippen LogP) is 2.01. The summed E-state index contributed by atoms with van der Waals surface area (Å²) in [5.74, 6) is -1.37. The van der Waals surface area contributed by atoms with Crippen LogP contribution in [0.2, 0.25) is 0 Å². The molecule has 0 aromatic heterocycles. The van der Waals surface area contributed by atoms with E-state index in [0.29, 0.717) is 28.5 Å². The molecule has 0 heterocycles. The minimum absolute atomic E-state index is 0.442. The Bertz CT molecular complexity index is 702. The van der Waals surface area contributed by atoms with E-state index < -0.39 is 11.8 Å². The van der Waals surface area contributed by atoms with Gasteiger partial charge in [-0.2, -0.15) is 5.26 Å². The number of hydroxylamine groups is 1. The molecule has 0 aliphatic carbocycles. The molecule has 1 atom stereocenters. The van der Waals surface area contributed by atoms with Crippen LogP contribution in [0.25, 0.3) is 0 Å². The first-order chi connectivity index (χ1) is 10.2. The van der Waals surface area contributed by atoms with Crippen molar-refractivity contribution in [3.05, 3.63) is 70.8 Å². The van der Waals surface area contributed by atoms with Gasteiger partial charge in [0.05, 0.1) is 17.6 Å². The highest BCUT2D eigenvalue weighted by Crippen LogP contribution is 2.25. The lowest BCUT2D eigenvalue weighted by atomic mass is 9.89. The summed E-state index contributed by atoms with van der Waals surface area (Å²) in [6.07, 6.45) is 0.691. The van der Waals surface area contributed by atoms with E-state index >= 15 is 0 Å². The fourth-order valence-electron chi connectivity index (χ4n) is 2.12. The summed E-state index contributed by atoms with van der Waals surface area (Å²) in [5, 5.41) is 17.7. The summed E-state index contributed by atoms with van der Waals surface area (Å²) >= 11 is 0. The van der Waals surface area contributed by atoms with Crippen LogP contribution < -0.4 is 5.48 Å². The van der Waals surface area contributed by atoms with Crippen LogP contribution in [-0.4, -0.2) is 17.4 Å². The summed E-state index contributed by atoms with van der Waals surface area (Å²) in [6, 6.07) is 15.1. The molecule has 0 saturated heterocycles. The van der Waals surface area contributed by atoms with Gasteiger partial charge in [0.15, 0.2) is 0 Å². The van der Waals surface area contributed by atoms with E-state index in [2.05, 4.69) is 0 Å². The minimum Gasteiger partial charge on any atom is -0.298 e. The van der Waals surface area contributed by atoms with E-state index in [9.17, 15) is 9.59 Å². The van der Waals surface area contributed by atoms with Crippen LogP contribution in [0.1, 0.15) is 33.0 Å². The van der Waals surface area contributed by atoms with E-state index in [-0.39, 0.29) is 0 Å². The number of carbonyl (C=O) groups excluding carboxylic acids is 2. The molecule has 0 aliphatic rings. The summed E-state index contributed by atoms with van der Waals surface area (Å²) in [6.45, 7) is 0. The molecule has 5 heteroatoms. The fourth-order valence-corrected chi connectivity index (χ4v) is 2.12. The van der Waals surface area contributed by atoms with Crippen LogP contribution in [0, 0.1) is 11.3 Å². The first kappa shape index (κ1) is 14.4. The van der Waals surface area contributed by atoms with Gasteiger partial charge < -0.3 is 0 Å². The summed E-state index contributed by atoms with van der Waals surface area (Å²) in [4.78, 5) is 22.8. The molecular formula is C16H12N2O3.